The van der Waals surface area contributed by atoms with Crippen molar-refractivity contribution in [3.63, 3.8) is 0 Å². The van der Waals surface area contributed by atoms with Crippen molar-refractivity contribution >= 4 is 140 Å². The number of ether oxygens (including phenoxy) is 3. The SMILES string of the molecule is Cc1sc2c(c1C)C(c1ccc(Cl)cc1)=N[C@@H](CC(=O)Nc1ccc(OCCOCCOCCNC(=O)CCNC(=O)c3nc(NC(=O)c4cc(NC(=O)CCNC(=O)c5nc(NC(=O)CCCNC(=O)c6cc(NC(=O)c7nc(NC(=O)CCNC(=O)c8cc(NC(=O)c9nccn9C)cn8C)cn7C)cn6C)cn5C)cn4C)cn3C)cc1)c1nnc(C)n1-2. The molecule has 1 aliphatic heterocycles. The summed E-state index contributed by atoms with van der Waals surface area (Å²) in [4.78, 5) is 180. The summed E-state index contributed by atoms with van der Waals surface area (Å²) >= 11 is 7.90. The van der Waals surface area contributed by atoms with Gasteiger partial charge in [-0.2, -0.15) is 0 Å². The van der Waals surface area contributed by atoms with E-state index in [1.165, 1.54) is 82.8 Å². The number of carbonyl (C=O) groups is 12. The maximum Gasteiger partial charge on any atom is 0.291 e. The fourth-order valence-electron chi connectivity index (χ4n) is 13.3. The first-order valence-electron chi connectivity index (χ1n) is 39.7. The number of hydrogen-bond acceptors (Lipinski definition) is 23. The van der Waals surface area contributed by atoms with E-state index in [1.54, 1.807) is 102 Å². The second kappa shape index (κ2) is 41.4. The topological polar surface area (TPSA) is 506 Å². The normalized spacial score (nSPS) is 12.1. The van der Waals surface area contributed by atoms with Gasteiger partial charge in [0.05, 0.1) is 55.6 Å². The van der Waals surface area contributed by atoms with Crippen LogP contribution in [0.1, 0.15) is 152 Å². The molecule has 0 radical (unpaired) electrons. The number of hydrogen-bond donors (Lipinski definition) is 12. The number of carbonyl (C=O) groups excluding carboxylic acids is 12. The Morgan fingerprint density at radius 2 is 0.921 bits per heavy atom. The number of nitrogens with zero attached hydrogens (tertiary/aromatic N) is 15. The van der Waals surface area contributed by atoms with Crippen LogP contribution in [0.4, 0.5) is 40.2 Å². The summed E-state index contributed by atoms with van der Waals surface area (Å²) in [5.74, 6) is -3.77. The van der Waals surface area contributed by atoms with E-state index in [4.69, 9.17) is 30.8 Å². The molecule has 42 nitrogen and oxygen atoms in total. The predicted molar refractivity (Wildman–Crippen MR) is 464 cm³/mol. The molecule has 1 atom stereocenters. The molecule has 11 aromatic rings. The number of aryl methyl sites for hydroxylation is 9. The van der Waals surface area contributed by atoms with Crippen molar-refractivity contribution in [1.82, 2.24) is 93.3 Å². The third-order valence-corrected chi connectivity index (χ3v) is 21.1. The van der Waals surface area contributed by atoms with E-state index in [-0.39, 0.29) is 185 Å². The van der Waals surface area contributed by atoms with Gasteiger partial charge in [-0.25, -0.2) is 19.9 Å². The molecule has 12 rings (SSSR count). The minimum absolute atomic E-state index is 0.00739. The van der Waals surface area contributed by atoms with Gasteiger partial charge in [-0.1, -0.05) is 23.7 Å². The molecular weight excluding hydrogens is 1670 g/mol. The lowest BCUT2D eigenvalue weighted by molar-refractivity contribution is -0.121. The van der Waals surface area contributed by atoms with Crippen LogP contribution < -0.4 is 68.5 Å². The van der Waals surface area contributed by atoms with Crippen molar-refractivity contribution in [3.8, 4) is 10.8 Å². The number of aromatic nitrogens is 14. The van der Waals surface area contributed by atoms with Crippen LogP contribution >= 0.6 is 22.9 Å². The van der Waals surface area contributed by atoms with E-state index in [9.17, 15) is 57.5 Å². The molecule has 9 aromatic heterocycles. The highest BCUT2D eigenvalue weighted by Crippen LogP contribution is 2.40. The fraction of sp³-hybridized carbons (Fsp3) is 0.329. The van der Waals surface area contributed by atoms with Gasteiger partial charge < -0.3 is 110 Å². The van der Waals surface area contributed by atoms with Crippen molar-refractivity contribution in [2.75, 3.05) is 103 Å². The molecule has 0 fully saturated rings. The van der Waals surface area contributed by atoms with E-state index >= 15 is 0 Å². The van der Waals surface area contributed by atoms with Crippen LogP contribution in [0.2, 0.25) is 5.02 Å². The third kappa shape index (κ3) is 23.3. The lowest BCUT2D eigenvalue weighted by Crippen LogP contribution is -2.33. The highest BCUT2D eigenvalue weighted by Gasteiger charge is 2.34. The fourth-order valence-corrected chi connectivity index (χ4v) is 14.6. The summed E-state index contributed by atoms with van der Waals surface area (Å²) < 4.78 is 29.4. The highest BCUT2D eigenvalue weighted by molar-refractivity contribution is 7.15. The van der Waals surface area contributed by atoms with Gasteiger partial charge in [-0.3, -0.25) is 67.1 Å². The number of aliphatic imine (C=N–C) groups is 1. The zero-order valence-electron chi connectivity index (χ0n) is 70.5. The molecule has 44 heteroatoms. The summed E-state index contributed by atoms with van der Waals surface area (Å²) in [6.07, 6.45) is 11.9. The molecule has 0 saturated carbocycles. The molecule has 0 unspecified atom stereocenters. The zero-order valence-corrected chi connectivity index (χ0v) is 72.1. The van der Waals surface area contributed by atoms with Gasteiger partial charge in [0.2, 0.25) is 47.0 Å². The van der Waals surface area contributed by atoms with Crippen LogP contribution in [0.5, 0.6) is 5.75 Å². The monoisotopic (exact) mass is 1760 g/mol. The number of imidazole rings is 4. The van der Waals surface area contributed by atoms with Crippen LogP contribution in [-0.4, -0.2) is 209 Å². The summed E-state index contributed by atoms with van der Waals surface area (Å²) in [6, 6.07) is 18.3. The quantitative estimate of drug-likeness (QED) is 0.0209. The Kier molecular flexibility index (Phi) is 29.8. The largest absolute Gasteiger partial charge is 0.491 e. The van der Waals surface area contributed by atoms with Crippen LogP contribution in [-0.2, 0) is 82.8 Å². The van der Waals surface area contributed by atoms with Crippen molar-refractivity contribution in [2.24, 2.45) is 54.3 Å². The maximum absolute atomic E-state index is 13.6. The van der Waals surface area contributed by atoms with Gasteiger partial charge in [0, 0.05) is 184 Å². The number of fused-ring (bicyclic) bond motifs is 3. The van der Waals surface area contributed by atoms with E-state index < -0.39 is 65.1 Å². The zero-order chi connectivity index (χ0) is 90.0. The Morgan fingerprint density at radius 1 is 0.437 bits per heavy atom. The Balaban J connectivity index is 0.473. The van der Waals surface area contributed by atoms with E-state index in [1.807, 2.05) is 35.8 Å². The van der Waals surface area contributed by atoms with Crippen LogP contribution in [0.25, 0.3) is 5.00 Å². The van der Waals surface area contributed by atoms with Gasteiger partial charge in [0.1, 0.15) is 46.3 Å². The molecule has 660 valence electrons. The highest BCUT2D eigenvalue weighted by atomic mass is 35.5. The van der Waals surface area contributed by atoms with Crippen molar-refractivity contribution < 1.29 is 71.7 Å². The summed E-state index contributed by atoms with van der Waals surface area (Å²) in [5, 5.41) is 42.9. The summed E-state index contributed by atoms with van der Waals surface area (Å²) in [5.41, 5.74) is 5.78. The number of amides is 12. The molecule has 0 aliphatic carbocycles. The minimum Gasteiger partial charge on any atom is -0.491 e. The van der Waals surface area contributed by atoms with E-state index in [2.05, 4.69) is 108 Å². The van der Waals surface area contributed by atoms with Crippen LogP contribution in [0.15, 0.2) is 121 Å². The molecule has 2 aromatic carbocycles. The summed E-state index contributed by atoms with van der Waals surface area (Å²) in [6.45, 7) is 7.53. The predicted octanol–water partition coefficient (Wildman–Crippen LogP) is 5.55. The number of halogens is 1. The van der Waals surface area contributed by atoms with Gasteiger partial charge in [0.25, 0.3) is 41.4 Å². The van der Waals surface area contributed by atoms with Gasteiger partial charge in [-0.15, -0.1) is 21.5 Å². The van der Waals surface area contributed by atoms with E-state index in [0.29, 0.717) is 33.8 Å². The maximum atomic E-state index is 13.6. The smallest absolute Gasteiger partial charge is 0.291 e. The molecule has 0 bridgehead atoms. The number of benzene rings is 2. The van der Waals surface area contributed by atoms with Crippen molar-refractivity contribution in [3.05, 3.63) is 195 Å². The van der Waals surface area contributed by atoms with Crippen LogP contribution in [0.3, 0.4) is 0 Å². The minimum atomic E-state index is -0.641. The molecule has 10 heterocycles. The number of anilines is 7. The summed E-state index contributed by atoms with van der Waals surface area (Å²) in [7, 11) is 11.2. The number of rotatable bonds is 40. The molecule has 12 amide bonds. The lowest BCUT2D eigenvalue weighted by atomic mass is 9.99. The van der Waals surface area contributed by atoms with Crippen LogP contribution in [0, 0.1) is 20.8 Å². The molecule has 0 spiro atoms. The third-order valence-electron chi connectivity index (χ3n) is 19.6. The second-order valence-electron chi connectivity index (χ2n) is 29.2. The van der Waals surface area contributed by atoms with Gasteiger partial charge in [-0.05, 0) is 87.4 Å². The Labute approximate surface area is 729 Å². The lowest BCUT2D eigenvalue weighted by Gasteiger charge is -2.13. The molecular formula is C82H94ClN27O15S. The number of thiophene rings is 1. The first-order valence-corrected chi connectivity index (χ1v) is 40.9. The van der Waals surface area contributed by atoms with E-state index in [0.717, 1.165) is 32.3 Å². The molecule has 12 N–H and O–H groups in total. The standard InChI is InChI=1S/C82H94ClN27O15S/c1-46-47(2)126-82-68(46)69(49-13-15-50(83)16-14-49)94-56(70-102-101-48(3)110(70)82)39-67(115)90-51-17-19-55(20-18-51)125-35-34-124-33-32-123-31-29-84-63(111)21-25-88-79(120)73-99-62(45-108(73)9)100-77(118)59-36-52(40-106(59)7)91-65(113)22-27-89-78(119)72-97-60(43-107(72)8)95-64(112)12-11-24-86-75(116)57-38-54(42-104(57)5)93-81(122)74-98-61(44-109(74)10)96-66(114)23-26-87-76(117)58-37-53(41-105(58)6)92-80(121)71-85-28-30-103(71)4/h13-20,28,30,36-38,40-45,56H,11-12,21-27,29,31-35,39H2,1-10H3,(H,84,111)(H,86,116)(H,87,117)(H,88,120)(H,89,119)(H,90,115)(H,91,113)(H,92,121)(H,93,122)(H,95,112)(H,96,114)(H,100,118)/t56-/m0/s1. The average Bonchev–Trinajstić information content (AvgIpc) is 1.59. The first-order chi connectivity index (χ1) is 60.4. The van der Waals surface area contributed by atoms with Gasteiger partial charge in [0.15, 0.2) is 29.1 Å². The van der Waals surface area contributed by atoms with Gasteiger partial charge >= 0.3 is 0 Å². The Hall–Kier alpha value is -14.7. The molecule has 126 heavy (non-hydrogen) atoms. The van der Waals surface area contributed by atoms with Crippen molar-refractivity contribution in [1.29, 1.82) is 0 Å². The molecule has 0 saturated heterocycles. The Morgan fingerprint density at radius 3 is 1.49 bits per heavy atom. The second-order valence-corrected chi connectivity index (χ2v) is 30.8. The number of nitrogens with one attached hydrogen (secondary N) is 12. The molecule has 1 aliphatic rings. The Bertz CT molecular complexity index is 5960. The average molecular weight is 1770 g/mol. The first kappa shape index (κ1) is 90.5. The van der Waals surface area contributed by atoms with Crippen molar-refractivity contribution in [2.45, 2.75) is 65.3 Å².